The van der Waals surface area contributed by atoms with Crippen molar-refractivity contribution in [3.8, 4) is 0 Å². The Labute approximate surface area is 153 Å². The van der Waals surface area contributed by atoms with Crippen LogP contribution in [0, 0.1) is 46.3 Å². The Hall–Kier alpha value is -0.120. The minimum absolute atomic E-state index is 0.0340. The van der Waals surface area contributed by atoms with Crippen LogP contribution in [0.25, 0.3) is 0 Å². The molecular weight excluding hydrogens is 312 g/mol. The van der Waals surface area contributed by atoms with Gasteiger partial charge in [0.1, 0.15) is 0 Å². The van der Waals surface area contributed by atoms with Gasteiger partial charge in [0.05, 0.1) is 18.3 Å². The summed E-state index contributed by atoms with van der Waals surface area (Å²) in [5.41, 5.74) is 0.148. The number of aliphatic hydroxyl groups excluding tert-OH is 3. The lowest BCUT2D eigenvalue weighted by Gasteiger charge is -2.63. The van der Waals surface area contributed by atoms with Crippen LogP contribution in [0.5, 0.6) is 0 Å². The van der Waals surface area contributed by atoms with Gasteiger partial charge < -0.3 is 15.3 Å². The number of fused-ring (bicyclic) bond motifs is 5. The molecule has 0 spiro atoms. The normalized spacial score (nSPS) is 58.6. The quantitative estimate of drug-likeness (QED) is 0.677. The Bertz CT molecular complexity index is 519. The summed E-state index contributed by atoms with van der Waals surface area (Å²) >= 11 is 0. The number of hydrogen-bond donors (Lipinski definition) is 3. The van der Waals surface area contributed by atoms with Crippen LogP contribution in [0.4, 0.5) is 0 Å². The molecule has 0 aromatic rings. The third-order valence-corrected chi connectivity index (χ3v) is 9.64. The lowest BCUT2D eigenvalue weighted by atomic mass is 9.43. The third kappa shape index (κ3) is 2.41. The van der Waals surface area contributed by atoms with Crippen molar-refractivity contribution in [1.82, 2.24) is 0 Å². The largest absolute Gasteiger partial charge is 0.393 e. The van der Waals surface area contributed by atoms with E-state index in [2.05, 4.69) is 27.7 Å². The lowest BCUT2D eigenvalue weighted by molar-refractivity contribution is -0.206. The first-order valence-corrected chi connectivity index (χ1v) is 10.7. The van der Waals surface area contributed by atoms with Gasteiger partial charge in [0.2, 0.25) is 0 Å². The number of aliphatic hydroxyl groups is 3. The SMILES string of the molecule is CC(C)[C@H]1CC[C@H]2C3[C@H](O)CC4C[C@H](O)CC[C@]4(C)[C@H]3CC(O)[C@]12C. The van der Waals surface area contributed by atoms with Crippen LogP contribution in [-0.4, -0.2) is 33.6 Å². The summed E-state index contributed by atoms with van der Waals surface area (Å²) in [6, 6.07) is 0. The van der Waals surface area contributed by atoms with E-state index in [0.717, 1.165) is 38.5 Å². The number of hydrogen-bond acceptors (Lipinski definition) is 3. The Morgan fingerprint density at radius 3 is 2.28 bits per heavy atom. The van der Waals surface area contributed by atoms with Crippen LogP contribution in [0.15, 0.2) is 0 Å². The van der Waals surface area contributed by atoms with Crippen molar-refractivity contribution in [3.05, 3.63) is 0 Å². The molecule has 0 aromatic heterocycles. The monoisotopic (exact) mass is 350 g/mol. The highest BCUT2D eigenvalue weighted by Gasteiger charge is 2.65. The predicted molar refractivity (Wildman–Crippen MR) is 98.8 cm³/mol. The molecule has 0 heterocycles. The van der Waals surface area contributed by atoms with Gasteiger partial charge in [0.15, 0.2) is 0 Å². The first kappa shape index (κ1) is 18.3. The Balaban J connectivity index is 1.70. The van der Waals surface area contributed by atoms with Crippen LogP contribution in [0.2, 0.25) is 0 Å². The standard InChI is InChI=1S/C22H38O3/c1-12(2)15-5-6-16-20-17(11-19(25)22(15,16)4)21(3)8-7-14(23)9-13(21)10-18(20)24/h12-20,23-25H,5-11H2,1-4H3/t13?,14-,15-,16+,17+,18-,19?,20?,21+,22-/m1/s1. The van der Waals surface area contributed by atoms with Gasteiger partial charge >= 0.3 is 0 Å². The van der Waals surface area contributed by atoms with Crippen molar-refractivity contribution in [2.24, 2.45) is 46.3 Å². The molecule has 4 saturated carbocycles. The zero-order valence-electron chi connectivity index (χ0n) is 16.5. The molecule has 0 aliphatic heterocycles. The Kier molecular flexibility index (Phi) is 4.34. The highest BCUT2D eigenvalue weighted by atomic mass is 16.3. The lowest BCUT2D eigenvalue weighted by Crippen LogP contribution is -2.62. The second-order valence-corrected chi connectivity index (χ2v) is 10.8. The zero-order chi connectivity index (χ0) is 18.1. The molecule has 4 fully saturated rings. The van der Waals surface area contributed by atoms with E-state index in [1.807, 2.05) is 0 Å². The minimum Gasteiger partial charge on any atom is -0.393 e. The fourth-order valence-electron chi connectivity index (χ4n) is 8.29. The van der Waals surface area contributed by atoms with Crippen LogP contribution < -0.4 is 0 Å². The van der Waals surface area contributed by atoms with Gasteiger partial charge in [-0.15, -0.1) is 0 Å². The fourth-order valence-corrected chi connectivity index (χ4v) is 8.29. The smallest absolute Gasteiger partial charge is 0.0602 e. The second kappa shape index (κ2) is 5.94. The fraction of sp³-hybridized carbons (Fsp3) is 1.00. The van der Waals surface area contributed by atoms with E-state index in [0.29, 0.717) is 35.5 Å². The molecule has 25 heavy (non-hydrogen) atoms. The van der Waals surface area contributed by atoms with Crippen LogP contribution in [-0.2, 0) is 0 Å². The van der Waals surface area contributed by atoms with Gasteiger partial charge in [0, 0.05) is 0 Å². The van der Waals surface area contributed by atoms with Crippen molar-refractivity contribution in [2.45, 2.75) is 91.0 Å². The first-order valence-electron chi connectivity index (χ1n) is 10.7. The number of rotatable bonds is 1. The predicted octanol–water partition coefficient (Wildman–Crippen LogP) is 3.60. The Morgan fingerprint density at radius 1 is 0.880 bits per heavy atom. The minimum atomic E-state index is -0.254. The van der Waals surface area contributed by atoms with Crippen LogP contribution in [0.3, 0.4) is 0 Å². The maximum atomic E-state index is 11.3. The van der Waals surface area contributed by atoms with Gasteiger partial charge in [0.25, 0.3) is 0 Å². The average Bonchev–Trinajstić information content (AvgIpc) is 2.89. The summed E-state index contributed by atoms with van der Waals surface area (Å²) in [7, 11) is 0. The van der Waals surface area contributed by atoms with E-state index in [1.165, 1.54) is 6.42 Å². The molecule has 0 bridgehead atoms. The summed E-state index contributed by atoms with van der Waals surface area (Å²) in [4.78, 5) is 0. The maximum absolute atomic E-state index is 11.3. The molecule has 0 aromatic carbocycles. The summed E-state index contributed by atoms with van der Waals surface area (Å²) in [5.74, 6) is 2.77. The molecule has 0 saturated heterocycles. The van der Waals surface area contributed by atoms with Crippen molar-refractivity contribution in [3.63, 3.8) is 0 Å². The molecule has 4 rings (SSSR count). The topological polar surface area (TPSA) is 60.7 Å². The summed E-state index contributed by atoms with van der Waals surface area (Å²) in [6.07, 6.45) is 6.14. The molecule has 0 amide bonds. The highest BCUT2D eigenvalue weighted by molar-refractivity contribution is 5.14. The summed E-state index contributed by atoms with van der Waals surface area (Å²) in [5, 5.41) is 32.6. The molecule has 4 aliphatic carbocycles. The average molecular weight is 351 g/mol. The van der Waals surface area contributed by atoms with Gasteiger partial charge in [-0.05, 0) is 91.3 Å². The van der Waals surface area contributed by atoms with Crippen LogP contribution in [0.1, 0.15) is 72.6 Å². The second-order valence-electron chi connectivity index (χ2n) is 10.8. The van der Waals surface area contributed by atoms with E-state index >= 15 is 0 Å². The van der Waals surface area contributed by atoms with E-state index in [9.17, 15) is 15.3 Å². The van der Waals surface area contributed by atoms with E-state index in [-0.39, 0.29) is 29.1 Å². The van der Waals surface area contributed by atoms with Crippen molar-refractivity contribution < 1.29 is 15.3 Å². The molecule has 10 atom stereocenters. The first-order chi connectivity index (χ1) is 11.7. The van der Waals surface area contributed by atoms with Gasteiger partial charge in [-0.3, -0.25) is 0 Å². The molecule has 3 N–H and O–H groups in total. The molecule has 3 heteroatoms. The Morgan fingerprint density at radius 2 is 1.60 bits per heavy atom. The molecule has 144 valence electrons. The van der Waals surface area contributed by atoms with Crippen molar-refractivity contribution >= 4 is 0 Å². The van der Waals surface area contributed by atoms with Gasteiger partial charge in [-0.1, -0.05) is 27.7 Å². The van der Waals surface area contributed by atoms with Crippen molar-refractivity contribution in [2.75, 3.05) is 0 Å². The van der Waals surface area contributed by atoms with Crippen LogP contribution >= 0.6 is 0 Å². The molecular formula is C22H38O3. The summed E-state index contributed by atoms with van der Waals surface area (Å²) < 4.78 is 0. The van der Waals surface area contributed by atoms with Crippen molar-refractivity contribution in [1.29, 1.82) is 0 Å². The van der Waals surface area contributed by atoms with E-state index in [1.54, 1.807) is 0 Å². The summed E-state index contributed by atoms with van der Waals surface area (Å²) in [6.45, 7) is 9.32. The molecule has 0 radical (unpaired) electrons. The molecule has 4 aliphatic rings. The highest BCUT2D eigenvalue weighted by Crippen LogP contribution is 2.68. The zero-order valence-corrected chi connectivity index (χ0v) is 16.5. The molecule has 3 nitrogen and oxygen atoms in total. The van der Waals surface area contributed by atoms with E-state index < -0.39 is 0 Å². The molecule has 3 unspecified atom stereocenters. The van der Waals surface area contributed by atoms with E-state index in [4.69, 9.17) is 0 Å². The van der Waals surface area contributed by atoms with Gasteiger partial charge in [-0.2, -0.15) is 0 Å². The third-order valence-electron chi connectivity index (χ3n) is 9.64. The van der Waals surface area contributed by atoms with Gasteiger partial charge in [-0.25, -0.2) is 0 Å². The maximum Gasteiger partial charge on any atom is 0.0602 e.